The van der Waals surface area contributed by atoms with E-state index in [1.165, 1.54) is 29.8 Å². The number of hydrogen-bond donors (Lipinski definition) is 3. The second-order valence-corrected chi connectivity index (χ2v) is 8.31. The summed E-state index contributed by atoms with van der Waals surface area (Å²) in [5.41, 5.74) is 3.98. The average Bonchev–Trinajstić information content (AvgIpc) is 2.84. The lowest BCUT2D eigenvalue weighted by molar-refractivity contribution is 0.251. The molecule has 0 unspecified atom stereocenters. The molecule has 3 N–H and O–H groups in total. The number of anilines is 3. The lowest BCUT2D eigenvalue weighted by Crippen LogP contribution is -2.29. The first-order chi connectivity index (χ1) is 15.3. The lowest BCUT2D eigenvalue weighted by Gasteiger charge is -2.30. The molecule has 0 bridgehead atoms. The highest BCUT2D eigenvalue weighted by Gasteiger charge is 2.14. The van der Waals surface area contributed by atoms with Crippen molar-refractivity contribution >= 4 is 35.0 Å². The summed E-state index contributed by atoms with van der Waals surface area (Å²) in [5.74, 6) is 0. The molecule has 2 aromatic carbocycles. The molecule has 0 aliphatic carbocycles. The number of rotatable bonds is 7. The summed E-state index contributed by atoms with van der Waals surface area (Å²) in [5, 5.41) is 5.69. The number of para-hydroxylation sites is 1. The summed E-state index contributed by atoms with van der Waals surface area (Å²) in [6.45, 7) is 2.69. The van der Waals surface area contributed by atoms with Gasteiger partial charge in [-0.05, 0) is 79.2 Å². The van der Waals surface area contributed by atoms with Crippen LogP contribution in [0, 0.1) is 0 Å². The molecule has 1 aliphatic heterocycles. The Morgan fingerprint density at radius 1 is 0.935 bits per heavy atom. The molecule has 6 nitrogen and oxygen atoms in total. The largest absolute Gasteiger partial charge is 0.371 e. The number of nitrogens with one attached hydrogen (secondary N) is 3. The smallest absolute Gasteiger partial charge is 0.319 e. The summed E-state index contributed by atoms with van der Waals surface area (Å²) in [4.78, 5) is 19.8. The van der Waals surface area contributed by atoms with Gasteiger partial charge in [0.1, 0.15) is 0 Å². The van der Waals surface area contributed by atoms with Gasteiger partial charge in [0.2, 0.25) is 0 Å². The molecule has 1 saturated heterocycles. The minimum absolute atomic E-state index is 0.241. The standard InChI is InChI=1S/C24H27N5OS/c30-24(26-18-19-7-6-14-25-17-19)27-20-10-12-21(13-11-20)28-31-23-9-3-2-8-22(23)29-15-4-1-5-16-29/h2-3,6-14,17,28H,1,4-5,15-16,18H2,(H2,26,27,30). The molecule has 7 heteroatoms. The maximum Gasteiger partial charge on any atom is 0.319 e. The van der Waals surface area contributed by atoms with E-state index < -0.39 is 0 Å². The van der Waals surface area contributed by atoms with E-state index in [0.29, 0.717) is 6.54 Å². The van der Waals surface area contributed by atoms with E-state index in [1.807, 2.05) is 36.4 Å². The van der Waals surface area contributed by atoms with Crippen LogP contribution in [0.1, 0.15) is 24.8 Å². The second-order valence-electron chi connectivity index (χ2n) is 7.47. The Hall–Kier alpha value is -3.19. The SMILES string of the molecule is O=C(NCc1cccnc1)Nc1ccc(NSc2ccccc2N2CCCCC2)cc1. The average molecular weight is 434 g/mol. The van der Waals surface area contributed by atoms with Crippen molar-refractivity contribution < 1.29 is 4.79 Å². The molecule has 0 spiro atoms. The molecular weight excluding hydrogens is 406 g/mol. The second kappa shape index (κ2) is 10.7. The molecule has 4 rings (SSSR count). The fourth-order valence-electron chi connectivity index (χ4n) is 3.54. The van der Waals surface area contributed by atoms with E-state index in [2.05, 4.69) is 49.5 Å². The van der Waals surface area contributed by atoms with Gasteiger partial charge in [-0.15, -0.1) is 0 Å². The summed E-state index contributed by atoms with van der Waals surface area (Å²) < 4.78 is 3.42. The lowest BCUT2D eigenvalue weighted by atomic mass is 10.1. The zero-order valence-corrected chi connectivity index (χ0v) is 18.2. The van der Waals surface area contributed by atoms with E-state index in [4.69, 9.17) is 0 Å². The van der Waals surface area contributed by atoms with Crippen molar-refractivity contribution in [3.63, 3.8) is 0 Å². The molecule has 3 aromatic rings. The number of urea groups is 1. The maximum absolute atomic E-state index is 12.1. The minimum atomic E-state index is -0.241. The van der Waals surface area contributed by atoms with Gasteiger partial charge in [-0.3, -0.25) is 4.98 Å². The van der Waals surface area contributed by atoms with Gasteiger partial charge < -0.3 is 20.3 Å². The molecule has 31 heavy (non-hydrogen) atoms. The number of pyridine rings is 1. The van der Waals surface area contributed by atoms with Gasteiger partial charge >= 0.3 is 6.03 Å². The highest BCUT2D eigenvalue weighted by Crippen LogP contribution is 2.32. The van der Waals surface area contributed by atoms with Crippen LogP contribution in [0.15, 0.2) is 78.0 Å². The fourth-order valence-corrected chi connectivity index (χ4v) is 4.35. The third kappa shape index (κ3) is 6.15. The van der Waals surface area contributed by atoms with Crippen LogP contribution in [0.25, 0.3) is 0 Å². The number of nitrogens with zero attached hydrogens (tertiary/aromatic N) is 2. The summed E-state index contributed by atoms with van der Waals surface area (Å²) in [7, 11) is 0. The zero-order valence-electron chi connectivity index (χ0n) is 17.4. The molecule has 0 saturated carbocycles. The van der Waals surface area contributed by atoms with Crippen LogP contribution in [0.3, 0.4) is 0 Å². The maximum atomic E-state index is 12.1. The first kappa shape index (κ1) is 21.1. The Bertz CT molecular complexity index is 975. The molecule has 1 aliphatic rings. The van der Waals surface area contributed by atoms with Crippen molar-refractivity contribution in [2.75, 3.05) is 28.0 Å². The van der Waals surface area contributed by atoms with Crippen LogP contribution in [-0.4, -0.2) is 24.1 Å². The number of aromatic nitrogens is 1. The quantitative estimate of drug-likeness (QED) is 0.429. The van der Waals surface area contributed by atoms with Crippen LogP contribution < -0.4 is 20.3 Å². The Balaban J connectivity index is 1.29. The molecule has 160 valence electrons. The molecule has 1 aromatic heterocycles. The van der Waals surface area contributed by atoms with Crippen LogP contribution in [0.5, 0.6) is 0 Å². The fraction of sp³-hybridized carbons (Fsp3) is 0.250. The topological polar surface area (TPSA) is 69.3 Å². The molecule has 2 heterocycles. The molecule has 0 atom stereocenters. The third-order valence-corrected chi connectivity index (χ3v) is 6.06. The molecule has 1 fully saturated rings. The van der Waals surface area contributed by atoms with Crippen molar-refractivity contribution in [3.8, 4) is 0 Å². The predicted molar refractivity (Wildman–Crippen MR) is 129 cm³/mol. The summed E-state index contributed by atoms with van der Waals surface area (Å²) in [6, 6.07) is 19.8. The molecule has 2 amide bonds. The monoisotopic (exact) mass is 433 g/mol. The third-order valence-electron chi connectivity index (χ3n) is 5.16. The van der Waals surface area contributed by atoms with Crippen LogP contribution in [-0.2, 0) is 6.54 Å². The van der Waals surface area contributed by atoms with E-state index >= 15 is 0 Å². The predicted octanol–water partition coefficient (Wildman–Crippen LogP) is 5.51. The van der Waals surface area contributed by atoms with Gasteiger partial charge in [0.05, 0.1) is 10.6 Å². The van der Waals surface area contributed by atoms with Gasteiger partial charge in [-0.1, -0.05) is 18.2 Å². The minimum Gasteiger partial charge on any atom is -0.371 e. The Labute approximate surface area is 187 Å². The normalized spacial score (nSPS) is 13.5. The first-order valence-corrected chi connectivity index (χ1v) is 11.4. The number of carbonyl (C=O) groups excluding carboxylic acids is 1. The van der Waals surface area contributed by atoms with Crippen LogP contribution in [0.4, 0.5) is 21.9 Å². The zero-order chi connectivity index (χ0) is 21.3. The highest BCUT2D eigenvalue weighted by molar-refractivity contribution is 8.00. The Morgan fingerprint density at radius 2 is 1.71 bits per heavy atom. The first-order valence-electron chi connectivity index (χ1n) is 10.6. The van der Waals surface area contributed by atoms with Crippen molar-refractivity contribution in [1.29, 1.82) is 0 Å². The summed E-state index contributed by atoms with van der Waals surface area (Å²) >= 11 is 1.62. The van der Waals surface area contributed by atoms with Gasteiger partial charge in [-0.2, -0.15) is 0 Å². The number of piperidine rings is 1. The van der Waals surface area contributed by atoms with Gasteiger partial charge in [0.25, 0.3) is 0 Å². The van der Waals surface area contributed by atoms with E-state index in [0.717, 1.165) is 30.0 Å². The highest BCUT2D eigenvalue weighted by atomic mass is 32.2. The van der Waals surface area contributed by atoms with Gasteiger partial charge in [0, 0.05) is 43.4 Å². The van der Waals surface area contributed by atoms with Crippen LogP contribution in [0.2, 0.25) is 0 Å². The number of carbonyl (C=O) groups is 1. The van der Waals surface area contributed by atoms with Crippen molar-refractivity contribution in [1.82, 2.24) is 10.3 Å². The number of benzene rings is 2. The molecule has 0 radical (unpaired) electrons. The van der Waals surface area contributed by atoms with E-state index in [1.54, 1.807) is 24.3 Å². The van der Waals surface area contributed by atoms with Crippen molar-refractivity contribution in [3.05, 3.63) is 78.6 Å². The Kier molecular flexibility index (Phi) is 7.28. The molecular formula is C24H27N5OS. The number of hydrogen-bond acceptors (Lipinski definition) is 5. The van der Waals surface area contributed by atoms with E-state index in [9.17, 15) is 4.79 Å². The van der Waals surface area contributed by atoms with Gasteiger partial charge in [-0.25, -0.2) is 4.79 Å². The Morgan fingerprint density at radius 3 is 2.48 bits per heavy atom. The number of amides is 2. The van der Waals surface area contributed by atoms with Crippen molar-refractivity contribution in [2.45, 2.75) is 30.7 Å². The van der Waals surface area contributed by atoms with E-state index in [-0.39, 0.29) is 6.03 Å². The summed E-state index contributed by atoms with van der Waals surface area (Å²) in [6.07, 6.45) is 7.30. The van der Waals surface area contributed by atoms with Crippen LogP contribution >= 0.6 is 11.9 Å². The van der Waals surface area contributed by atoms with Crippen molar-refractivity contribution in [2.24, 2.45) is 0 Å². The van der Waals surface area contributed by atoms with Gasteiger partial charge in [0.15, 0.2) is 0 Å².